The molecule has 1 saturated heterocycles. The molecule has 0 radical (unpaired) electrons. The minimum absolute atomic E-state index is 0. The van der Waals surface area contributed by atoms with Crippen LogP contribution in [0.2, 0.25) is 0 Å². The number of terminal acetylenes is 1. The lowest BCUT2D eigenvalue weighted by Crippen LogP contribution is -3.00. The van der Waals surface area contributed by atoms with E-state index in [1.165, 1.54) is 32.4 Å². The van der Waals surface area contributed by atoms with Gasteiger partial charge in [-0.1, -0.05) is 36.3 Å². The molecule has 0 aliphatic carbocycles. The van der Waals surface area contributed by atoms with Gasteiger partial charge in [-0.2, -0.15) is 0 Å². The molecule has 1 aromatic carbocycles. The van der Waals surface area contributed by atoms with Gasteiger partial charge in [-0.25, -0.2) is 0 Å². The predicted molar refractivity (Wildman–Crippen MR) is 83.2 cm³/mol. The van der Waals surface area contributed by atoms with Crippen LogP contribution in [0.1, 0.15) is 31.2 Å². The highest BCUT2D eigenvalue weighted by Gasteiger charge is 2.34. The molecule has 0 saturated carbocycles. The maximum Gasteiger partial charge on any atom is 0.158 e. The fourth-order valence-electron chi connectivity index (χ4n) is 3.21. The average molecular weight is 399 g/mol. The first-order valence-corrected chi connectivity index (χ1v) is 7.56. The third-order valence-electron chi connectivity index (χ3n) is 4.72. The van der Waals surface area contributed by atoms with E-state index in [1.54, 1.807) is 7.11 Å². The molecular formula is C18H26INO. The maximum atomic E-state index is 5.83. The van der Waals surface area contributed by atoms with Gasteiger partial charge in [-0.05, 0) is 24.8 Å². The quantitative estimate of drug-likeness (QED) is 0.390. The highest BCUT2D eigenvalue weighted by Crippen LogP contribution is 2.30. The Bertz CT molecular complexity index is 462. The standard InChI is InChI=1S/C18H26NO.HI/c1-4-18(20-3,17-11-7-5-8-12-17)13-16-19(2)14-9-6-10-15-19;/h1,5,7-8,11-12H,6,9-10,13-16H2,2-3H3;1H/q+1;/p-1. The van der Waals surface area contributed by atoms with E-state index in [-0.39, 0.29) is 24.0 Å². The first kappa shape index (κ1) is 18.5. The van der Waals surface area contributed by atoms with Crippen molar-refractivity contribution in [3.8, 4) is 12.3 Å². The largest absolute Gasteiger partial charge is 1.00 e. The van der Waals surface area contributed by atoms with Crippen LogP contribution in [-0.4, -0.2) is 38.3 Å². The van der Waals surface area contributed by atoms with Crippen LogP contribution in [0.5, 0.6) is 0 Å². The number of piperidine rings is 1. The second-order valence-electron chi connectivity index (χ2n) is 6.14. The topological polar surface area (TPSA) is 9.23 Å². The number of quaternary nitrogens is 1. The molecule has 0 N–H and O–H groups in total. The van der Waals surface area contributed by atoms with Crippen molar-refractivity contribution in [2.24, 2.45) is 0 Å². The summed E-state index contributed by atoms with van der Waals surface area (Å²) in [4.78, 5) is 0. The van der Waals surface area contributed by atoms with Crippen LogP contribution in [0.15, 0.2) is 30.3 Å². The Morgan fingerprint density at radius 3 is 2.33 bits per heavy atom. The Morgan fingerprint density at radius 2 is 1.81 bits per heavy atom. The summed E-state index contributed by atoms with van der Waals surface area (Å²) in [6.45, 7) is 3.60. The molecule has 3 heteroatoms. The number of nitrogens with zero attached hydrogens (tertiary/aromatic N) is 1. The molecule has 0 amide bonds. The van der Waals surface area contributed by atoms with Crippen molar-refractivity contribution < 1.29 is 33.2 Å². The second-order valence-corrected chi connectivity index (χ2v) is 6.14. The Kier molecular flexibility index (Phi) is 7.19. The van der Waals surface area contributed by atoms with Gasteiger partial charge in [0.05, 0.1) is 26.7 Å². The molecule has 0 aromatic heterocycles. The first-order chi connectivity index (χ1) is 9.64. The van der Waals surface area contributed by atoms with E-state index in [1.807, 2.05) is 18.2 Å². The number of rotatable bonds is 5. The van der Waals surface area contributed by atoms with E-state index >= 15 is 0 Å². The van der Waals surface area contributed by atoms with Gasteiger partial charge in [-0.3, -0.25) is 0 Å². The number of hydrogen-bond donors (Lipinski definition) is 0. The van der Waals surface area contributed by atoms with Crippen LogP contribution in [0.25, 0.3) is 0 Å². The number of benzene rings is 1. The van der Waals surface area contributed by atoms with Crippen molar-refractivity contribution in [2.45, 2.75) is 31.3 Å². The molecule has 1 atom stereocenters. The number of likely N-dealkylation sites (tertiary alicyclic amines) is 1. The summed E-state index contributed by atoms with van der Waals surface area (Å²) in [6.07, 6.45) is 10.7. The summed E-state index contributed by atoms with van der Waals surface area (Å²) < 4.78 is 6.89. The zero-order valence-corrected chi connectivity index (χ0v) is 15.3. The minimum atomic E-state index is -0.583. The molecule has 0 spiro atoms. The molecule has 21 heavy (non-hydrogen) atoms. The van der Waals surface area contributed by atoms with Gasteiger partial charge in [0, 0.05) is 13.5 Å². The summed E-state index contributed by atoms with van der Waals surface area (Å²) in [7, 11) is 4.07. The molecule has 116 valence electrons. The SMILES string of the molecule is C#CC(CC[N+]1(C)CCCCC1)(OC)c1ccccc1.[I-]. The zero-order chi connectivity index (χ0) is 14.5. The van der Waals surface area contributed by atoms with E-state index < -0.39 is 5.60 Å². The normalized spacial score (nSPS) is 19.9. The summed E-state index contributed by atoms with van der Waals surface area (Å²) in [5.41, 5.74) is 0.508. The number of ether oxygens (including phenoxy) is 1. The van der Waals surface area contributed by atoms with Crippen LogP contribution in [-0.2, 0) is 10.3 Å². The Hall–Kier alpha value is -0.570. The number of hydrogen-bond acceptors (Lipinski definition) is 1. The van der Waals surface area contributed by atoms with Gasteiger partial charge in [0.1, 0.15) is 0 Å². The van der Waals surface area contributed by atoms with Gasteiger partial charge in [0.25, 0.3) is 0 Å². The number of methoxy groups -OCH3 is 1. The Labute approximate surface area is 146 Å². The van der Waals surface area contributed by atoms with Crippen LogP contribution < -0.4 is 24.0 Å². The van der Waals surface area contributed by atoms with E-state index in [0.717, 1.165) is 23.0 Å². The van der Waals surface area contributed by atoms with Gasteiger partial charge in [-0.15, -0.1) is 6.42 Å². The average Bonchev–Trinajstić information content (AvgIpc) is 2.51. The summed E-state index contributed by atoms with van der Waals surface area (Å²) in [5.74, 6) is 2.91. The summed E-state index contributed by atoms with van der Waals surface area (Å²) >= 11 is 0. The highest BCUT2D eigenvalue weighted by molar-refractivity contribution is 5.30. The molecular weight excluding hydrogens is 373 g/mol. The van der Waals surface area contributed by atoms with Crippen molar-refractivity contribution >= 4 is 0 Å². The Morgan fingerprint density at radius 1 is 1.19 bits per heavy atom. The Balaban J connectivity index is 0.00000220. The second kappa shape index (κ2) is 8.17. The molecule has 2 nitrogen and oxygen atoms in total. The summed E-state index contributed by atoms with van der Waals surface area (Å²) in [6, 6.07) is 10.2. The van der Waals surface area contributed by atoms with Crippen LogP contribution in [0, 0.1) is 12.3 Å². The lowest BCUT2D eigenvalue weighted by molar-refractivity contribution is -0.914. The molecule has 1 aliphatic rings. The van der Waals surface area contributed by atoms with Gasteiger partial charge in [0.2, 0.25) is 0 Å². The smallest absolute Gasteiger partial charge is 0.158 e. The third kappa shape index (κ3) is 4.45. The summed E-state index contributed by atoms with van der Waals surface area (Å²) in [5, 5.41) is 0. The van der Waals surface area contributed by atoms with Gasteiger partial charge >= 0.3 is 0 Å². The predicted octanol–water partition coefficient (Wildman–Crippen LogP) is 0.186. The third-order valence-corrected chi connectivity index (χ3v) is 4.72. The zero-order valence-electron chi connectivity index (χ0n) is 13.1. The first-order valence-electron chi connectivity index (χ1n) is 7.56. The molecule has 0 bridgehead atoms. The van der Waals surface area contributed by atoms with Crippen molar-refractivity contribution in [3.63, 3.8) is 0 Å². The minimum Gasteiger partial charge on any atom is -1.00 e. The molecule has 2 rings (SSSR count). The van der Waals surface area contributed by atoms with Crippen molar-refractivity contribution in [3.05, 3.63) is 35.9 Å². The van der Waals surface area contributed by atoms with Crippen molar-refractivity contribution in [2.75, 3.05) is 33.8 Å². The van der Waals surface area contributed by atoms with Crippen LogP contribution >= 0.6 is 0 Å². The molecule has 1 heterocycles. The maximum absolute atomic E-state index is 5.83. The molecule has 1 unspecified atom stereocenters. The van der Waals surface area contributed by atoms with E-state index in [4.69, 9.17) is 11.2 Å². The fourth-order valence-corrected chi connectivity index (χ4v) is 3.21. The monoisotopic (exact) mass is 399 g/mol. The molecule has 1 aliphatic heterocycles. The van der Waals surface area contributed by atoms with E-state index in [9.17, 15) is 0 Å². The van der Waals surface area contributed by atoms with Crippen LogP contribution in [0.3, 0.4) is 0 Å². The van der Waals surface area contributed by atoms with E-state index in [0.29, 0.717) is 0 Å². The molecule has 1 fully saturated rings. The lowest BCUT2D eigenvalue weighted by atomic mass is 9.90. The van der Waals surface area contributed by atoms with Gasteiger partial charge < -0.3 is 33.2 Å². The van der Waals surface area contributed by atoms with Gasteiger partial charge in [0.15, 0.2) is 5.60 Å². The van der Waals surface area contributed by atoms with Crippen molar-refractivity contribution in [1.82, 2.24) is 0 Å². The fraction of sp³-hybridized carbons (Fsp3) is 0.556. The lowest BCUT2D eigenvalue weighted by Gasteiger charge is -2.40. The van der Waals surface area contributed by atoms with E-state index in [2.05, 4.69) is 25.1 Å². The highest BCUT2D eigenvalue weighted by atomic mass is 127. The van der Waals surface area contributed by atoms with Crippen LogP contribution in [0.4, 0.5) is 0 Å². The number of halogens is 1. The molecule has 1 aromatic rings. The van der Waals surface area contributed by atoms with Crippen molar-refractivity contribution in [1.29, 1.82) is 0 Å².